The Bertz CT molecular complexity index is 469. The lowest BCUT2D eigenvalue weighted by Gasteiger charge is -2.40. The van der Waals surface area contributed by atoms with Gasteiger partial charge in [-0.25, -0.2) is 0 Å². The first-order chi connectivity index (χ1) is 11.9. The van der Waals surface area contributed by atoms with Gasteiger partial charge in [0.05, 0.1) is 6.10 Å². The van der Waals surface area contributed by atoms with Crippen molar-refractivity contribution in [1.82, 2.24) is 15.5 Å². The van der Waals surface area contributed by atoms with Crippen LogP contribution in [0.25, 0.3) is 0 Å². The quantitative estimate of drug-likeness (QED) is 0.604. The van der Waals surface area contributed by atoms with Crippen LogP contribution in [0.3, 0.4) is 0 Å². The van der Waals surface area contributed by atoms with Gasteiger partial charge in [-0.05, 0) is 44.4 Å². The molecule has 2 N–H and O–H groups in total. The molecule has 3 rings (SSSR count). The van der Waals surface area contributed by atoms with E-state index in [1.165, 1.54) is 32.1 Å². The maximum absolute atomic E-state index is 6.11. The Morgan fingerprint density at radius 2 is 2.00 bits per heavy atom. The first-order valence-corrected chi connectivity index (χ1v) is 10.2. The number of nitrogens with one attached hydrogen (secondary N) is 2. The van der Waals surface area contributed by atoms with Gasteiger partial charge in [-0.2, -0.15) is 0 Å². The minimum absolute atomic E-state index is 0.190. The molecule has 0 spiro atoms. The number of hydrogen-bond acceptors (Lipinski definition) is 3. The average Bonchev–Trinajstić information content (AvgIpc) is 3.34. The molecule has 0 aromatic carbocycles. The summed E-state index contributed by atoms with van der Waals surface area (Å²) in [4.78, 5) is 7.14. The molecule has 0 aromatic heterocycles. The van der Waals surface area contributed by atoms with Crippen molar-refractivity contribution in [1.29, 1.82) is 0 Å². The van der Waals surface area contributed by atoms with Gasteiger partial charge < -0.3 is 15.4 Å². The van der Waals surface area contributed by atoms with Crippen molar-refractivity contribution in [2.75, 3.05) is 26.7 Å². The van der Waals surface area contributed by atoms with Crippen LogP contribution in [0.1, 0.15) is 59.8 Å². The Hall–Kier alpha value is -0.810. The maximum Gasteiger partial charge on any atom is 0.191 e. The zero-order valence-electron chi connectivity index (χ0n) is 16.8. The van der Waals surface area contributed by atoms with Gasteiger partial charge in [0, 0.05) is 50.8 Å². The van der Waals surface area contributed by atoms with Crippen LogP contribution in [0, 0.1) is 11.3 Å². The second-order valence-electron chi connectivity index (χ2n) is 9.37. The van der Waals surface area contributed by atoms with Crippen molar-refractivity contribution in [3.8, 4) is 0 Å². The standard InChI is InChI=1S/C20H38N4O/c1-14-11-16(13-24(14)17-8-9-17)23-19(21-5)22-12-15-7-6-10-25-18(15)20(2,3)4/h14-18H,6-13H2,1-5H3,(H2,21,22,23). The van der Waals surface area contributed by atoms with Gasteiger partial charge in [0.25, 0.3) is 0 Å². The van der Waals surface area contributed by atoms with E-state index in [2.05, 4.69) is 48.2 Å². The van der Waals surface area contributed by atoms with Gasteiger partial charge in [0.1, 0.15) is 0 Å². The predicted molar refractivity (Wildman–Crippen MR) is 104 cm³/mol. The highest BCUT2D eigenvalue weighted by Crippen LogP contribution is 2.34. The van der Waals surface area contributed by atoms with Gasteiger partial charge in [-0.15, -0.1) is 0 Å². The normalized spacial score (nSPS) is 35.0. The average molecular weight is 351 g/mol. The fraction of sp³-hybridized carbons (Fsp3) is 0.950. The SMILES string of the molecule is CN=C(NCC1CCCOC1C(C)(C)C)NC1CC(C)N(C2CC2)C1. The second-order valence-corrected chi connectivity index (χ2v) is 9.37. The molecule has 3 fully saturated rings. The van der Waals surface area contributed by atoms with E-state index in [0.29, 0.717) is 24.1 Å². The number of rotatable bonds is 4. The van der Waals surface area contributed by atoms with E-state index in [0.717, 1.165) is 31.7 Å². The molecule has 1 saturated carbocycles. The fourth-order valence-corrected chi connectivity index (χ4v) is 4.70. The molecule has 2 heterocycles. The van der Waals surface area contributed by atoms with Crippen LogP contribution in [-0.2, 0) is 4.74 Å². The Kier molecular flexibility index (Phi) is 5.94. The summed E-state index contributed by atoms with van der Waals surface area (Å²) in [5.74, 6) is 1.51. The summed E-state index contributed by atoms with van der Waals surface area (Å²) in [5.41, 5.74) is 0.190. The highest BCUT2D eigenvalue weighted by Gasteiger charge is 2.39. The molecule has 0 radical (unpaired) electrons. The van der Waals surface area contributed by atoms with E-state index in [4.69, 9.17) is 4.74 Å². The van der Waals surface area contributed by atoms with E-state index >= 15 is 0 Å². The lowest BCUT2D eigenvalue weighted by molar-refractivity contribution is -0.0835. The Morgan fingerprint density at radius 1 is 1.24 bits per heavy atom. The molecule has 0 aromatic rings. The molecular formula is C20H38N4O. The van der Waals surface area contributed by atoms with E-state index in [1.807, 2.05) is 7.05 Å². The lowest BCUT2D eigenvalue weighted by atomic mass is 9.78. The van der Waals surface area contributed by atoms with Crippen molar-refractivity contribution >= 4 is 5.96 Å². The number of nitrogens with zero attached hydrogens (tertiary/aromatic N) is 2. The van der Waals surface area contributed by atoms with Crippen molar-refractivity contribution < 1.29 is 4.74 Å². The predicted octanol–water partition coefficient (Wildman–Crippen LogP) is 2.62. The second kappa shape index (κ2) is 7.83. The molecule has 5 heteroatoms. The molecule has 25 heavy (non-hydrogen) atoms. The van der Waals surface area contributed by atoms with E-state index in [9.17, 15) is 0 Å². The van der Waals surface area contributed by atoms with Gasteiger partial charge in [-0.3, -0.25) is 9.89 Å². The summed E-state index contributed by atoms with van der Waals surface area (Å²) in [5, 5.41) is 7.24. The highest BCUT2D eigenvalue weighted by atomic mass is 16.5. The molecular weight excluding hydrogens is 312 g/mol. The van der Waals surface area contributed by atoms with E-state index < -0.39 is 0 Å². The van der Waals surface area contributed by atoms with Crippen molar-refractivity contribution in [2.24, 2.45) is 16.3 Å². The van der Waals surface area contributed by atoms with Crippen LogP contribution in [-0.4, -0.2) is 61.8 Å². The third-order valence-electron chi connectivity index (χ3n) is 6.03. The number of hydrogen-bond donors (Lipinski definition) is 2. The van der Waals surface area contributed by atoms with Crippen LogP contribution < -0.4 is 10.6 Å². The van der Waals surface area contributed by atoms with Crippen molar-refractivity contribution in [2.45, 2.75) is 84.0 Å². The number of aliphatic imine (C=N–C) groups is 1. The summed E-state index contributed by atoms with van der Waals surface area (Å²) >= 11 is 0. The first kappa shape index (κ1) is 19.0. The monoisotopic (exact) mass is 350 g/mol. The minimum Gasteiger partial charge on any atom is -0.377 e. The van der Waals surface area contributed by atoms with Gasteiger partial charge in [0.15, 0.2) is 5.96 Å². The smallest absolute Gasteiger partial charge is 0.191 e. The maximum atomic E-state index is 6.11. The van der Waals surface area contributed by atoms with Gasteiger partial charge in [0.2, 0.25) is 0 Å². The molecule has 2 saturated heterocycles. The third kappa shape index (κ3) is 4.88. The first-order valence-electron chi connectivity index (χ1n) is 10.2. The van der Waals surface area contributed by atoms with Gasteiger partial charge in [-0.1, -0.05) is 20.8 Å². The van der Waals surface area contributed by atoms with Gasteiger partial charge >= 0.3 is 0 Å². The number of likely N-dealkylation sites (tertiary alicyclic amines) is 1. The summed E-state index contributed by atoms with van der Waals surface area (Å²) in [7, 11) is 1.88. The zero-order chi connectivity index (χ0) is 18.0. The summed E-state index contributed by atoms with van der Waals surface area (Å²) in [6, 6.07) is 2.06. The molecule has 0 amide bonds. The van der Waals surface area contributed by atoms with Crippen molar-refractivity contribution in [3.63, 3.8) is 0 Å². The Labute approximate surface area is 154 Å². The van der Waals surface area contributed by atoms with Crippen LogP contribution >= 0.6 is 0 Å². The van der Waals surface area contributed by atoms with E-state index in [-0.39, 0.29) is 5.41 Å². The molecule has 4 unspecified atom stereocenters. The molecule has 3 aliphatic rings. The topological polar surface area (TPSA) is 48.9 Å². The molecule has 4 atom stereocenters. The molecule has 144 valence electrons. The summed E-state index contributed by atoms with van der Waals surface area (Å²) < 4.78 is 6.11. The largest absolute Gasteiger partial charge is 0.377 e. The minimum atomic E-state index is 0.190. The molecule has 0 bridgehead atoms. The van der Waals surface area contributed by atoms with Crippen LogP contribution in [0.5, 0.6) is 0 Å². The molecule has 5 nitrogen and oxygen atoms in total. The highest BCUT2D eigenvalue weighted by molar-refractivity contribution is 5.80. The molecule has 1 aliphatic carbocycles. The van der Waals surface area contributed by atoms with Crippen LogP contribution in [0.4, 0.5) is 0 Å². The van der Waals surface area contributed by atoms with Crippen molar-refractivity contribution in [3.05, 3.63) is 0 Å². The Balaban J connectivity index is 1.49. The Morgan fingerprint density at radius 3 is 2.64 bits per heavy atom. The zero-order valence-corrected chi connectivity index (χ0v) is 16.8. The van der Waals surface area contributed by atoms with E-state index in [1.54, 1.807) is 0 Å². The third-order valence-corrected chi connectivity index (χ3v) is 6.03. The lowest BCUT2D eigenvalue weighted by Crippen LogP contribution is -2.49. The number of guanidine groups is 1. The van der Waals surface area contributed by atoms with Crippen LogP contribution in [0.15, 0.2) is 4.99 Å². The summed E-state index contributed by atoms with van der Waals surface area (Å²) in [6.45, 7) is 12.2. The number of ether oxygens (including phenoxy) is 1. The fourth-order valence-electron chi connectivity index (χ4n) is 4.70. The summed E-state index contributed by atoms with van der Waals surface area (Å²) in [6.07, 6.45) is 6.72. The van der Waals surface area contributed by atoms with Crippen LogP contribution in [0.2, 0.25) is 0 Å². The molecule has 2 aliphatic heterocycles.